The largest absolute Gasteiger partial charge is 0.481 e. The fourth-order valence-corrected chi connectivity index (χ4v) is 3.17. The van der Waals surface area contributed by atoms with Crippen molar-refractivity contribution in [1.82, 2.24) is 4.98 Å². The van der Waals surface area contributed by atoms with E-state index in [-0.39, 0.29) is 11.8 Å². The van der Waals surface area contributed by atoms with Crippen molar-refractivity contribution in [2.45, 2.75) is 13.8 Å². The molecular formula is C19H19N3O4. The van der Waals surface area contributed by atoms with E-state index < -0.39 is 23.2 Å². The predicted octanol–water partition coefficient (Wildman–Crippen LogP) is 2.63. The van der Waals surface area contributed by atoms with E-state index in [9.17, 15) is 19.5 Å². The molecule has 26 heavy (non-hydrogen) atoms. The van der Waals surface area contributed by atoms with Crippen LogP contribution in [-0.4, -0.2) is 27.9 Å². The SMILES string of the molecule is CC1(C)[C@H](C(=O)Nc2cccc(C(=O)Nc3ccccn3)c2)[C@@H]1C(=O)O. The molecule has 3 N–H and O–H groups in total. The number of pyridine rings is 1. The molecule has 1 aliphatic rings. The third-order valence-electron chi connectivity index (χ3n) is 4.67. The molecule has 3 rings (SSSR count). The van der Waals surface area contributed by atoms with E-state index in [1.54, 1.807) is 62.5 Å². The number of carbonyl (C=O) groups is 3. The third-order valence-corrected chi connectivity index (χ3v) is 4.67. The van der Waals surface area contributed by atoms with Crippen LogP contribution in [0.4, 0.5) is 11.5 Å². The molecule has 2 amide bonds. The van der Waals surface area contributed by atoms with E-state index >= 15 is 0 Å². The minimum Gasteiger partial charge on any atom is -0.481 e. The third kappa shape index (κ3) is 3.42. The second-order valence-corrected chi connectivity index (χ2v) is 6.85. The average Bonchev–Trinajstić information content (AvgIpc) is 3.19. The first-order chi connectivity index (χ1) is 12.3. The number of hydrogen-bond donors (Lipinski definition) is 3. The first-order valence-electron chi connectivity index (χ1n) is 8.17. The van der Waals surface area contributed by atoms with Crippen molar-refractivity contribution in [3.05, 3.63) is 54.2 Å². The molecule has 0 spiro atoms. The van der Waals surface area contributed by atoms with Gasteiger partial charge in [-0.15, -0.1) is 0 Å². The number of carboxylic acid groups (broad SMARTS) is 1. The minimum atomic E-state index is -0.973. The molecule has 0 radical (unpaired) electrons. The van der Waals surface area contributed by atoms with Crippen LogP contribution in [0, 0.1) is 17.3 Å². The van der Waals surface area contributed by atoms with Crippen LogP contribution in [0.5, 0.6) is 0 Å². The Bertz CT molecular complexity index is 864. The van der Waals surface area contributed by atoms with Gasteiger partial charge in [0, 0.05) is 17.4 Å². The smallest absolute Gasteiger partial charge is 0.307 e. The van der Waals surface area contributed by atoms with Gasteiger partial charge in [-0.05, 0) is 35.7 Å². The lowest BCUT2D eigenvalue weighted by molar-refractivity contribution is -0.140. The maximum absolute atomic E-state index is 12.4. The topological polar surface area (TPSA) is 108 Å². The molecule has 7 nitrogen and oxygen atoms in total. The highest BCUT2D eigenvalue weighted by atomic mass is 16.4. The average molecular weight is 353 g/mol. The molecule has 2 atom stereocenters. The number of aromatic nitrogens is 1. The van der Waals surface area contributed by atoms with E-state index in [1.165, 1.54) is 0 Å². The van der Waals surface area contributed by atoms with Crippen LogP contribution in [0.25, 0.3) is 0 Å². The van der Waals surface area contributed by atoms with Crippen molar-refractivity contribution in [2.75, 3.05) is 10.6 Å². The number of hydrogen-bond acceptors (Lipinski definition) is 4. The zero-order valence-electron chi connectivity index (χ0n) is 14.4. The van der Waals surface area contributed by atoms with Gasteiger partial charge in [-0.3, -0.25) is 14.4 Å². The van der Waals surface area contributed by atoms with Crippen molar-refractivity contribution in [3.8, 4) is 0 Å². The van der Waals surface area contributed by atoms with Crippen LogP contribution in [0.3, 0.4) is 0 Å². The number of amides is 2. The summed E-state index contributed by atoms with van der Waals surface area (Å²) < 4.78 is 0. The van der Waals surface area contributed by atoms with Gasteiger partial charge in [-0.1, -0.05) is 26.0 Å². The number of carbonyl (C=O) groups excluding carboxylic acids is 2. The molecule has 7 heteroatoms. The molecule has 1 aliphatic carbocycles. The molecule has 0 aliphatic heterocycles. The van der Waals surface area contributed by atoms with Gasteiger partial charge in [-0.2, -0.15) is 0 Å². The summed E-state index contributed by atoms with van der Waals surface area (Å²) in [6, 6.07) is 11.6. The molecule has 1 aromatic heterocycles. The van der Waals surface area contributed by atoms with Gasteiger partial charge in [0.2, 0.25) is 5.91 Å². The Kier molecular flexibility index (Phi) is 4.46. The summed E-state index contributed by atoms with van der Waals surface area (Å²) in [7, 11) is 0. The molecule has 0 bridgehead atoms. The van der Waals surface area contributed by atoms with Crippen LogP contribution in [-0.2, 0) is 9.59 Å². The fraction of sp³-hybridized carbons (Fsp3) is 0.263. The zero-order chi connectivity index (χ0) is 18.9. The van der Waals surface area contributed by atoms with Crippen molar-refractivity contribution >= 4 is 29.3 Å². The standard InChI is InChI=1S/C19H19N3O4/c1-19(2)14(15(19)18(25)26)17(24)21-12-7-5-6-11(10-12)16(23)22-13-8-3-4-9-20-13/h3-10,14-15H,1-2H3,(H,21,24)(H,25,26)(H,20,22,23)/t14-,15+/m0/s1. The highest BCUT2D eigenvalue weighted by Crippen LogP contribution is 2.58. The molecule has 1 heterocycles. The molecule has 134 valence electrons. The van der Waals surface area contributed by atoms with E-state index in [0.717, 1.165) is 0 Å². The quantitative estimate of drug-likeness (QED) is 0.766. The van der Waals surface area contributed by atoms with Crippen molar-refractivity contribution in [2.24, 2.45) is 17.3 Å². The normalized spacial score (nSPS) is 20.1. The molecule has 0 unspecified atom stereocenters. The summed E-state index contributed by atoms with van der Waals surface area (Å²) in [6.45, 7) is 3.51. The Hall–Kier alpha value is -3.22. The number of aliphatic carboxylic acids is 1. The van der Waals surface area contributed by atoms with Crippen molar-refractivity contribution < 1.29 is 19.5 Å². The van der Waals surface area contributed by atoms with E-state index in [2.05, 4.69) is 15.6 Å². The summed E-state index contributed by atoms with van der Waals surface area (Å²) in [5.74, 6) is -2.54. The zero-order valence-corrected chi connectivity index (χ0v) is 14.4. The van der Waals surface area contributed by atoms with Crippen LogP contribution in [0.2, 0.25) is 0 Å². The molecule has 1 aromatic carbocycles. The second-order valence-electron chi connectivity index (χ2n) is 6.85. The Morgan fingerprint density at radius 1 is 1.04 bits per heavy atom. The molecule has 1 fully saturated rings. The van der Waals surface area contributed by atoms with Gasteiger partial charge >= 0.3 is 5.97 Å². The summed E-state index contributed by atoms with van der Waals surface area (Å²) in [5.41, 5.74) is 0.220. The van der Waals surface area contributed by atoms with Crippen LogP contribution in [0.1, 0.15) is 24.2 Å². The summed E-state index contributed by atoms with van der Waals surface area (Å²) in [5, 5.41) is 14.6. The first-order valence-corrected chi connectivity index (χ1v) is 8.17. The lowest BCUT2D eigenvalue weighted by Gasteiger charge is -2.08. The highest BCUT2D eigenvalue weighted by molar-refractivity contribution is 6.05. The van der Waals surface area contributed by atoms with E-state index in [4.69, 9.17) is 0 Å². The predicted molar refractivity (Wildman–Crippen MR) is 95.7 cm³/mol. The number of nitrogens with zero attached hydrogens (tertiary/aromatic N) is 1. The van der Waals surface area contributed by atoms with Gasteiger partial charge in [0.15, 0.2) is 0 Å². The van der Waals surface area contributed by atoms with Gasteiger partial charge < -0.3 is 15.7 Å². The Labute approximate surface area is 150 Å². The van der Waals surface area contributed by atoms with Crippen LogP contribution in [0.15, 0.2) is 48.7 Å². The van der Waals surface area contributed by atoms with E-state index in [1.807, 2.05) is 0 Å². The Balaban J connectivity index is 1.69. The Morgan fingerprint density at radius 3 is 2.42 bits per heavy atom. The van der Waals surface area contributed by atoms with E-state index in [0.29, 0.717) is 17.1 Å². The number of anilines is 2. The number of benzene rings is 1. The van der Waals surface area contributed by atoms with Crippen LogP contribution < -0.4 is 10.6 Å². The summed E-state index contributed by atoms with van der Waals surface area (Å²) in [6.07, 6.45) is 1.57. The molecule has 1 saturated carbocycles. The number of nitrogens with one attached hydrogen (secondary N) is 2. The van der Waals surface area contributed by atoms with Gasteiger partial charge in [0.25, 0.3) is 5.91 Å². The van der Waals surface area contributed by atoms with Crippen molar-refractivity contribution in [3.63, 3.8) is 0 Å². The summed E-state index contributed by atoms with van der Waals surface area (Å²) in [4.78, 5) is 39.9. The Morgan fingerprint density at radius 2 is 1.81 bits per heavy atom. The van der Waals surface area contributed by atoms with Crippen molar-refractivity contribution in [1.29, 1.82) is 0 Å². The second kappa shape index (κ2) is 6.59. The maximum Gasteiger partial charge on any atom is 0.307 e. The molecule has 2 aromatic rings. The first kappa shape index (κ1) is 17.6. The number of rotatable bonds is 5. The monoisotopic (exact) mass is 353 g/mol. The number of carboxylic acids is 1. The van der Waals surface area contributed by atoms with Gasteiger partial charge in [0.05, 0.1) is 11.8 Å². The molecular weight excluding hydrogens is 334 g/mol. The lowest BCUT2D eigenvalue weighted by Crippen LogP contribution is -2.18. The fourth-order valence-electron chi connectivity index (χ4n) is 3.17. The minimum absolute atomic E-state index is 0.352. The van der Waals surface area contributed by atoms with Gasteiger partial charge in [-0.25, -0.2) is 4.98 Å². The highest BCUT2D eigenvalue weighted by Gasteiger charge is 2.65. The molecule has 0 saturated heterocycles. The maximum atomic E-state index is 12.4. The summed E-state index contributed by atoms with van der Waals surface area (Å²) >= 11 is 0. The lowest BCUT2D eigenvalue weighted by atomic mass is 10.1. The van der Waals surface area contributed by atoms with Crippen LogP contribution >= 0.6 is 0 Å². The van der Waals surface area contributed by atoms with Gasteiger partial charge in [0.1, 0.15) is 5.82 Å².